The van der Waals surface area contributed by atoms with Gasteiger partial charge in [0.1, 0.15) is 6.04 Å². The second kappa shape index (κ2) is 7.50. The van der Waals surface area contributed by atoms with E-state index in [1.54, 1.807) is 18.2 Å². The number of nitrogens with one attached hydrogen (secondary N) is 1. The third-order valence-electron chi connectivity index (χ3n) is 3.89. The van der Waals surface area contributed by atoms with Gasteiger partial charge in [0.2, 0.25) is 10.0 Å². The van der Waals surface area contributed by atoms with Crippen LogP contribution in [0, 0.1) is 0 Å². The van der Waals surface area contributed by atoms with E-state index >= 15 is 0 Å². The van der Waals surface area contributed by atoms with Crippen LogP contribution in [0.1, 0.15) is 30.1 Å². The number of hydrogen-bond acceptors (Lipinski definition) is 4. The molecule has 9 heteroatoms. The minimum atomic E-state index is -3.84. The number of sulfonamides is 1. The van der Waals surface area contributed by atoms with E-state index in [1.807, 2.05) is 0 Å². The number of carbonyl (C=O) groups is 2. The molecule has 0 spiro atoms. The number of carbonyl (C=O) groups excluding carboxylic acids is 1. The summed E-state index contributed by atoms with van der Waals surface area (Å²) in [5.41, 5.74) is 0.396. The molecule has 1 heterocycles. The van der Waals surface area contributed by atoms with E-state index in [0.717, 1.165) is 0 Å². The minimum Gasteiger partial charge on any atom is -0.480 e. The second-order valence-corrected chi connectivity index (χ2v) is 8.18. The van der Waals surface area contributed by atoms with E-state index in [1.165, 1.54) is 17.9 Å². The first-order valence-corrected chi connectivity index (χ1v) is 9.42. The van der Waals surface area contributed by atoms with Crippen molar-refractivity contribution in [2.24, 2.45) is 0 Å². The normalized spacial score (nSPS) is 19.8. The lowest BCUT2D eigenvalue weighted by molar-refractivity contribution is -0.138. The van der Waals surface area contributed by atoms with E-state index in [4.69, 9.17) is 16.7 Å². The van der Waals surface area contributed by atoms with Gasteiger partial charge < -0.3 is 10.0 Å². The number of amides is 1. The maximum Gasteiger partial charge on any atom is 0.321 e. The van der Waals surface area contributed by atoms with Crippen LogP contribution in [0.25, 0.3) is 0 Å². The number of halogens is 1. The SMILES string of the molecule is C[C@@H](NS(=O)(=O)C1CCCN(C(=O)c2cccc(Cl)c2)C1)C(=O)O. The Kier molecular flexibility index (Phi) is 5.84. The molecule has 2 atom stereocenters. The highest BCUT2D eigenvalue weighted by Gasteiger charge is 2.34. The first-order chi connectivity index (χ1) is 11.2. The Morgan fingerprint density at radius 3 is 2.75 bits per heavy atom. The average molecular weight is 375 g/mol. The van der Waals surface area contributed by atoms with Crippen molar-refractivity contribution in [2.45, 2.75) is 31.1 Å². The zero-order valence-electron chi connectivity index (χ0n) is 13.1. The van der Waals surface area contributed by atoms with Gasteiger partial charge in [0.15, 0.2) is 0 Å². The molecule has 2 N–H and O–H groups in total. The van der Waals surface area contributed by atoms with Gasteiger partial charge in [-0.2, -0.15) is 0 Å². The maximum atomic E-state index is 12.5. The molecule has 0 aromatic heterocycles. The molecular formula is C15H19ClN2O5S. The highest BCUT2D eigenvalue weighted by molar-refractivity contribution is 7.90. The first kappa shape index (κ1) is 18.7. The summed E-state index contributed by atoms with van der Waals surface area (Å²) < 4.78 is 26.8. The fraction of sp³-hybridized carbons (Fsp3) is 0.467. The van der Waals surface area contributed by atoms with Crippen LogP contribution in [0.5, 0.6) is 0 Å². The lowest BCUT2D eigenvalue weighted by Crippen LogP contribution is -2.51. The third kappa shape index (κ3) is 4.46. The van der Waals surface area contributed by atoms with Crippen molar-refractivity contribution in [1.82, 2.24) is 9.62 Å². The van der Waals surface area contributed by atoms with Crippen molar-refractivity contribution >= 4 is 33.5 Å². The van der Waals surface area contributed by atoms with Crippen LogP contribution in [0.4, 0.5) is 0 Å². The molecular weight excluding hydrogens is 356 g/mol. The Balaban J connectivity index is 2.11. The number of benzene rings is 1. The number of piperidine rings is 1. The standard InChI is InChI=1S/C15H19ClN2O5S/c1-10(15(20)21)17-24(22,23)13-6-3-7-18(9-13)14(19)11-4-2-5-12(16)8-11/h2,4-5,8,10,13,17H,3,6-7,9H2,1H3,(H,20,21)/t10-,13?/m1/s1. The molecule has 1 unspecified atom stereocenters. The van der Waals surface area contributed by atoms with Gasteiger partial charge in [-0.25, -0.2) is 13.1 Å². The van der Waals surface area contributed by atoms with Crippen LogP contribution in [0.2, 0.25) is 5.02 Å². The molecule has 1 amide bonds. The summed E-state index contributed by atoms with van der Waals surface area (Å²) in [4.78, 5) is 24.8. The predicted octanol–water partition coefficient (Wildman–Crippen LogP) is 1.34. The number of likely N-dealkylation sites (tertiary alicyclic amines) is 1. The van der Waals surface area contributed by atoms with E-state index in [2.05, 4.69) is 4.72 Å². The van der Waals surface area contributed by atoms with E-state index in [-0.39, 0.29) is 12.5 Å². The Bertz CT molecular complexity index is 737. The van der Waals surface area contributed by atoms with Crippen LogP contribution < -0.4 is 4.72 Å². The van der Waals surface area contributed by atoms with Crippen molar-refractivity contribution in [1.29, 1.82) is 0 Å². The fourth-order valence-electron chi connectivity index (χ4n) is 2.57. The summed E-state index contributed by atoms with van der Waals surface area (Å²) in [6.45, 7) is 1.73. The monoisotopic (exact) mass is 374 g/mol. The zero-order valence-corrected chi connectivity index (χ0v) is 14.7. The summed E-state index contributed by atoms with van der Waals surface area (Å²) in [7, 11) is -3.84. The Labute approximate surface area is 145 Å². The molecule has 0 radical (unpaired) electrons. The van der Waals surface area contributed by atoms with E-state index in [9.17, 15) is 18.0 Å². The van der Waals surface area contributed by atoms with Crippen molar-refractivity contribution in [3.05, 3.63) is 34.9 Å². The Hall–Kier alpha value is -1.64. The van der Waals surface area contributed by atoms with Crippen molar-refractivity contribution in [3.8, 4) is 0 Å². The molecule has 1 aromatic carbocycles. The first-order valence-electron chi connectivity index (χ1n) is 7.49. The van der Waals surface area contributed by atoms with Crippen molar-refractivity contribution < 1.29 is 23.1 Å². The largest absolute Gasteiger partial charge is 0.480 e. The molecule has 1 aromatic rings. The maximum absolute atomic E-state index is 12.5. The summed E-state index contributed by atoms with van der Waals surface area (Å²) in [5, 5.41) is 8.45. The van der Waals surface area contributed by atoms with Crippen molar-refractivity contribution in [2.75, 3.05) is 13.1 Å². The Morgan fingerprint density at radius 1 is 1.42 bits per heavy atom. The second-order valence-electron chi connectivity index (χ2n) is 5.75. The molecule has 1 aliphatic heterocycles. The van der Waals surface area contributed by atoms with Crippen LogP contribution in [0.15, 0.2) is 24.3 Å². The third-order valence-corrected chi connectivity index (χ3v) is 6.07. The van der Waals surface area contributed by atoms with Gasteiger partial charge in [-0.05, 0) is 38.0 Å². The van der Waals surface area contributed by atoms with Crippen LogP contribution >= 0.6 is 11.6 Å². The zero-order chi connectivity index (χ0) is 17.9. The summed E-state index contributed by atoms with van der Waals surface area (Å²) in [6.07, 6.45) is 0.903. The molecule has 2 rings (SSSR count). The molecule has 0 bridgehead atoms. The number of carboxylic acids is 1. The van der Waals surface area contributed by atoms with Gasteiger partial charge in [0.25, 0.3) is 5.91 Å². The lowest BCUT2D eigenvalue weighted by Gasteiger charge is -2.33. The highest BCUT2D eigenvalue weighted by Crippen LogP contribution is 2.20. The number of hydrogen-bond donors (Lipinski definition) is 2. The average Bonchev–Trinajstić information content (AvgIpc) is 2.53. The minimum absolute atomic E-state index is 0.0209. The fourth-order valence-corrected chi connectivity index (χ4v) is 4.40. The van der Waals surface area contributed by atoms with Crippen LogP contribution in [0.3, 0.4) is 0 Å². The lowest BCUT2D eigenvalue weighted by atomic mass is 10.1. The van der Waals surface area contributed by atoms with Gasteiger partial charge in [-0.15, -0.1) is 0 Å². The number of carboxylic acid groups (broad SMARTS) is 1. The molecule has 1 saturated heterocycles. The van der Waals surface area contributed by atoms with Crippen LogP contribution in [-0.2, 0) is 14.8 Å². The molecule has 132 valence electrons. The molecule has 7 nitrogen and oxygen atoms in total. The highest BCUT2D eigenvalue weighted by atomic mass is 35.5. The molecule has 1 fully saturated rings. The predicted molar refractivity (Wildman–Crippen MR) is 89.5 cm³/mol. The van der Waals surface area contributed by atoms with Crippen LogP contribution in [-0.4, -0.2) is 54.7 Å². The smallest absolute Gasteiger partial charge is 0.321 e. The van der Waals surface area contributed by atoms with Gasteiger partial charge >= 0.3 is 5.97 Å². The Morgan fingerprint density at radius 2 is 2.12 bits per heavy atom. The number of nitrogens with zero attached hydrogens (tertiary/aromatic N) is 1. The van der Waals surface area contributed by atoms with Gasteiger partial charge in [-0.3, -0.25) is 9.59 Å². The summed E-state index contributed by atoms with van der Waals surface area (Å²) >= 11 is 5.88. The quantitative estimate of drug-likeness (QED) is 0.809. The number of aliphatic carboxylic acids is 1. The molecule has 1 aliphatic rings. The summed E-state index contributed by atoms with van der Waals surface area (Å²) in [6, 6.07) is 5.25. The summed E-state index contributed by atoms with van der Waals surface area (Å²) in [5.74, 6) is -1.54. The van der Waals surface area contributed by atoms with Gasteiger partial charge in [-0.1, -0.05) is 17.7 Å². The van der Waals surface area contributed by atoms with Gasteiger partial charge in [0.05, 0.1) is 5.25 Å². The molecule has 0 saturated carbocycles. The van der Waals surface area contributed by atoms with E-state index < -0.39 is 27.3 Å². The van der Waals surface area contributed by atoms with Crippen molar-refractivity contribution in [3.63, 3.8) is 0 Å². The molecule has 24 heavy (non-hydrogen) atoms. The molecule has 0 aliphatic carbocycles. The van der Waals surface area contributed by atoms with E-state index in [0.29, 0.717) is 30.0 Å². The number of rotatable bonds is 5. The topological polar surface area (TPSA) is 104 Å². The van der Waals surface area contributed by atoms with Gasteiger partial charge in [0, 0.05) is 23.7 Å².